The molecule has 0 aliphatic heterocycles. The van der Waals surface area contributed by atoms with E-state index in [1.54, 1.807) is 6.07 Å². The zero-order chi connectivity index (χ0) is 18.9. The number of ether oxygens (including phenoxy) is 1. The first kappa shape index (κ1) is 19.1. The summed E-state index contributed by atoms with van der Waals surface area (Å²) in [5, 5.41) is 6.32. The van der Waals surface area contributed by atoms with E-state index in [0.29, 0.717) is 11.4 Å². The summed E-state index contributed by atoms with van der Waals surface area (Å²) in [6.45, 7) is 3.86. The van der Waals surface area contributed by atoms with Gasteiger partial charge in [-0.1, -0.05) is 12.1 Å². The molecule has 7 heteroatoms. The second kappa shape index (κ2) is 9.31. The second-order valence-corrected chi connectivity index (χ2v) is 5.76. The largest absolute Gasteiger partial charge is 0.491 e. The molecule has 0 bridgehead atoms. The summed E-state index contributed by atoms with van der Waals surface area (Å²) < 4.78 is 18.4. The third-order valence-electron chi connectivity index (χ3n) is 3.08. The molecule has 0 unspecified atom stereocenters. The van der Waals surface area contributed by atoms with Crippen molar-refractivity contribution >= 4 is 23.7 Å². The summed E-state index contributed by atoms with van der Waals surface area (Å²) in [6.07, 6.45) is 1.12. The number of halogens is 1. The molecule has 2 aromatic carbocycles. The molecule has 2 amide bonds. The Labute approximate surface area is 151 Å². The molecule has 0 aliphatic rings. The Kier molecular flexibility index (Phi) is 6.84. The maximum absolute atomic E-state index is 12.8. The van der Waals surface area contributed by atoms with Gasteiger partial charge in [0.05, 0.1) is 12.3 Å². The average Bonchev–Trinajstić information content (AvgIpc) is 2.56. The molecule has 0 fully saturated rings. The SMILES string of the molecule is CC(C)Oc1cccc(C=NNC(=O)CC(=O)Nc2ccc(F)cc2)c1. The Hall–Kier alpha value is -3.22. The number of hydrogen-bond acceptors (Lipinski definition) is 4. The molecule has 0 aromatic heterocycles. The molecule has 6 nitrogen and oxygen atoms in total. The van der Waals surface area contributed by atoms with Crippen molar-refractivity contribution in [2.45, 2.75) is 26.4 Å². The number of benzene rings is 2. The van der Waals surface area contributed by atoms with Crippen LogP contribution in [0.2, 0.25) is 0 Å². The first-order chi connectivity index (χ1) is 12.4. The third kappa shape index (κ3) is 6.72. The van der Waals surface area contributed by atoms with Gasteiger partial charge in [0.15, 0.2) is 0 Å². The van der Waals surface area contributed by atoms with Crippen molar-refractivity contribution in [3.63, 3.8) is 0 Å². The van der Waals surface area contributed by atoms with Crippen molar-refractivity contribution in [3.8, 4) is 5.75 Å². The second-order valence-electron chi connectivity index (χ2n) is 5.76. The fraction of sp³-hybridized carbons (Fsp3) is 0.211. The van der Waals surface area contributed by atoms with Crippen LogP contribution in [-0.2, 0) is 9.59 Å². The van der Waals surface area contributed by atoms with Gasteiger partial charge in [0.25, 0.3) is 0 Å². The number of carbonyl (C=O) groups is 2. The molecule has 26 heavy (non-hydrogen) atoms. The average molecular weight is 357 g/mol. The van der Waals surface area contributed by atoms with E-state index in [1.807, 2.05) is 32.0 Å². The number of hydrogen-bond donors (Lipinski definition) is 2. The normalized spacial score (nSPS) is 10.8. The fourth-order valence-electron chi connectivity index (χ4n) is 2.04. The molecule has 0 saturated heterocycles. The number of nitrogens with one attached hydrogen (secondary N) is 2. The van der Waals surface area contributed by atoms with E-state index < -0.39 is 24.1 Å². The Balaban J connectivity index is 1.81. The predicted molar refractivity (Wildman–Crippen MR) is 97.6 cm³/mol. The van der Waals surface area contributed by atoms with Gasteiger partial charge in [-0.3, -0.25) is 9.59 Å². The van der Waals surface area contributed by atoms with Gasteiger partial charge in [-0.05, 0) is 55.8 Å². The summed E-state index contributed by atoms with van der Waals surface area (Å²) >= 11 is 0. The quantitative estimate of drug-likeness (QED) is 0.454. The van der Waals surface area contributed by atoms with Gasteiger partial charge in [0.1, 0.15) is 18.0 Å². The molecule has 136 valence electrons. The van der Waals surface area contributed by atoms with E-state index in [0.717, 1.165) is 5.56 Å². The summed E-state index contributed by atoms with van der Waals surface area (Å²) in [5.41, 5.74) is 3.45. The minimum Gasteiger partial charge on any atom is -0.491 e. The molecule has 0 aliphatic carbocycles. The summed E-state index contributed by atoms with van der Waals surface area (Å²) in [6, 6.07) is 12.5. The van der Waals surface area contributed by atoms with E-state index in [-0.39, 0.29) is 6.10 Å². The first-order valence-corrected chi connectivity index (χ1v) is 8.06. The Bertz CT molecular complexity index is 789. The van der Waals surface area contributed by atoms with Crippen LogP contribution in [0.25, 0.3) is 0 Å². The van der Waals surface area contributed by atoms with Crippen LogP contribution in [0.5, 0.6) is 5.75 Å². The van der Waals surface area contributed by atoms with Crippen LogP contribution in [0.3, 0.4) is 0 Å². The minimum atomic E-state index is -0.560. The highest BCUT2D eigenvalue weighted by atomic mass is 19.1. The molecule has 0 heterocycles. The molecule has 0 saturated carbocycles. The van der Waals surface area contributed by atoms with Crippen LogP contribution in [0, 0.1) is 5.82 Å². The van der Waals surface area contributed by atoms with Gasteiger partial charge in [0.2, 0.25) is 11.8 Å². The van der Waals surface area contributed by atoms with Crippen molar-refractivity contribution in [3.05, 3.63) is 59.9 Å². The summed E-state index contributed by atoms with van der Waals surface area (Å²) in [5.74, 6) is -0.779. The van der Waals surface area contributed by atoms with E-state index >= 15 is 0 Å². The Morgan fingerprint density at radius 3 is 2.58 bits per heavy atom. The number of amides is 2. The van der Waals surface area contributed by atoms with Crippen molar-refractivity contribution in [1.82, 2.24) is 5.43 Å². The van der Waals surface area contributed by atoms with Crippen LogP contribution in [-0.4, -0.2) is 24.1 Å². The molecule has 0 radical (unpaired) electrons. The highest BCUT2D eigenvalue weighted by molar-refractivity contribution is 6.03. The lowest BCUT2D eigenvalue weighted by atomic mass is 10.2. The molecule has 2 rings (SSSR count). The molecule has 0 spiro atoms. The number of carbonyl (C=O) groups excluding carboxylic acids is 2. The monoisotopic (exact) mass is 357 g/mol. The fourth-order valence-corrected chi connectivity index (χ4v) is 2.04. The van der Waals surface area contributed by atoms with Gasteiger partial charge < -0.3 is 10.1 Å². The van der Waals surface area contributed by atoms with Gasteiger partial charge in [-0.2, -0.15) is 5.10 Å². The number of nitrogens with zero attached hydrogens (tertiary/aromatic N) is 1. The lowest BCUT2D eigenvalue weighted by Crippen LogP contribution is -2.24. The minimum absolute atomic E-state index is 0.0570. The molecule has 2 aromatic rings. The van der Waals surface area contributed by atoms with Crippen LogP contribution in [0.1, 0.15) is 25.8 Å². The Morgan fingerprint density at radius 2 is 1.88 bits per heavy atom. The van der Waals surface area contributed by atoms with E-state index in [4.69, 9.17) is 4.74 Å². The van der Waals surface area contributed by atoms with E-state index in [2.05, 4.69) is 15.8 Å². The molecule has 2 N–H and O–H groups in total. The number of rotatable bonds is 7. The zero-order valence-electron chi connectivity index (χ0n) is 14.5. The van der Waals surface area contributed by atoms with Crippen LogP contribution >= 0.6 is 0 Å². The van der Waals surface area contributed by atoms with E-state index in [1.165, 1.54) is 30.5 Å². The van der Waals surface area contributed by atoms with Crippen molar-refractivity contribution in [1.29, 1.82) is 0 Å². The molecular formula is C19H20FN3O3. The van der Waals surface area contributed by atoms with Gasteiger partial charge in [-0.15, -0.1) is 0 Å². The Morgan fingerprint density at radius 1 is 1.15 bits per heavy atom. The number of anilines is 1. The van der Waals surface area contributed by atoms with Crippen molar-refractivity contribution in [2.24, 2.45) is 5.10 Å². The van der Waals surface area contributed by atoms with Crippen LogP contribution in [0.4, 0.5) is 10.1 Å². The maximum Gasteiger partial charge on any atom is 0.249 e. The number of hydrazone groups is 1. The van der Waals surface area contributed by atoms with Gasteiger partial charge in [-0.25, -0.2) is 9.82 Å². The summed E-state index contributed by atoms with van der Waals surface area (Å²) in [4.78, 5) is 23.5. The van der Waals surface area contributed by atoms with Gasteiger partial charge >= 0.3 is 0 Å². The maximum atomic E-state index is 12.8. The standard InChI is InChI=1S/C19H20FN3O3/c1-13(2)26-17-5-3-4-14(10-17)12-21-23-19(25)11-18(24)22-16-8-6-15(20)7-9-16/h3-10,12-13H,11H2,1-2H3,(H,22,24)(H,23,25). The molecular weight excluding hydrogens is 337 g/mol. The van der Waals surface area contributed by atoms with Gasteiger partial charge in [0, 0.05) is 5.69 Å². The van der Waals surface area contributed by atoms with Crippen molar-refractivity contribution < 1.29 is 18.7 Å². The summed E-state index contributed by atoms with van der Waals surface area (Å²) in [7, 11) is 0. The van der Waals surface area contributed by atoms with Crippen LogP contribution < -0.4 is 15.5 Å². The highest BCUT2D eigenvalue weighted by Gasteiger charge is 2.09. The lowest BCUT2D eigenvalue weighted by molar-refractivity contribution is -0.126. The topological polar surface area (TPSA) is 79.8 Å². The first-order valence-electron chi connectivity index (χ1n) is 8.06. The highest BCUT2D eigenvalue weighted by Crippen LogP contribution is 2.13. The van der Waals surface area contributed by atoms with E-state index in [9.17, 15) is 14.0 Å². The van der Waals surface area contributed by atoms with Crippen LogP contribution in [0.15, 0.2) is 53.6 Å². The zero-order valence-corrected chi connectivity index (χ0v) is 14.5. The predicted octanol–water partition coefficient (Wildman–Crippen LogP) is 3.09. The smallest absolute Gasteiger partial charge is 0.249 e. The lowest BCUT2D eigenvalue weighted by Gasteiger charge is -2.09. The van der Waals surface area contributed by atoms with Crippen molar-refractivity contribution in [2.75, 3.05) is 5.32 Å². The molecule has 0 atom stereocenters. The third-order valence-corrected chi connectivity index (χ3v) is 3.08.